The molecule has 0 unspecified atom stereocenters. The first kappa shape index (κ1) is 14.4. The lowest BCUT2D eigenvalue weighted by Gasteiger charge is -2.11. The summed E-state index contributed by atoms with van der Waals surface area (Å²) in [7, 11) is 0. The first-order valence-corrected chi connectivity index (χ1v) is 6.61. The molecular weight excluding hydrogens is 274 g/mol. The van der Waals surface area contributed by atoms with E-state index in [1.807, 2.05) is 26.0 Å². The van der Waals surface area contributed by atoms with Crippen LogP contribution in [0.2, 0.25) is 5.02 Å². The Hall–Kier alpha value is -2.00. The molecule has 4 heteroatoms. The van der Waals surface area contributed by atoms with E-state index in [-0.39, 0.29) is 5.78 Å². The van der Waals surface area contributed by atoms with E-state index in [0.29, 0.717) is 22.7 Å². The van der Waals surface area contributed by atoms with Gasteiger partial charge in [-0.25, -0.2) is 0 Å². The molecule has 0 heterocycles. The summed E-state index contributed by atoms with van der Waals surface area (Å²) in [5, 5.41) is 0.735. The van der Waals surface area contributed by atoms with Crippen molar-refractivity contribution < 1.29 is 9.53 Å². The summed E-state index contributed by atoms with van der Waals surface area (Å²) in [5.74, 6) is 1.17. The third-order valence-corrected chi connectivity index (χ3v) is 3.65. The van der Waals surface area contributed by atoms with Crippen molar-refractivity contribution in [3.8, 4) is 11.5 Å². The van der Waals surface area contributed by atoms with Gasteiger partial charge in [0.25, 0.3) is 0 Å². The number of rotatable bonds is 3. The highest BCUT2D eigenvalue weighted by molar-refractivity contribution is 6.32. The molecule has 20 heavy (non-hydrogen) atoms. The summed E-state index contributed by atoms with van der Waals surface area (Å²) in [6.07, 6.45) is 0. The van der Waals surface area contributed by atoms with Gasteiger partial charge in [-0.15, -0.1) is 0 Å². The largest absolute Gasteiger partial charge is 0.457 e. The first-order chi connectivity index (χ1) is 9.38. The molecule has 0 aliphatic carbocycles. The molecule has 0 saturated heterocycles. The Balaban J connectivity index is 2.35. The molecule has 0 spiro atoms. The highest BCUT2D eigenvalue weighted by atomic mass is 35.5. The number of hydrogen-bond donors (Lipinski definition) is 1. The summed E-state index contributed by atoms with van der Waals surface area (Å²) in [4.78, 5) is 11.5. The molecule has 2 N–H and O–H groups in total. The zero-order chi connectivity index (χ0) is 14.9. The number of Topliss-reactive ketones (excluding diaryl/α,β-unsaturated/α-hetero) is 1. The fourth-order valence-corrected chi connectivity index (χ4v) is 2.11. The van der Waals surface area contributed by atoms with Crippen LogP contribution in [-0.2, 0) is 0 Å². The quantitative estimate of drug-likeness (QED) is 0.667. The molecule has 0 fully saturated rings. The van der Waals surface area contributed by atoms with Gasteiger partial charge in [-0.3, -0.25) is 4.79 Å². The summed E-state index contributed by atoms with van der Waals surface area (Å²) >= 11 is 6.12. The normalized spacial score (nSPS) is 10.4. The van der Waals surface area contributed by atoms with Crippen molar-refractivity contribution in [1.29, 1.82) is 0 Å². The number of carbonyl (C=O) groups is 1. The summed E-state index contributed by atoms with van der Waals surface area (Å²) in [5.41, 5.74) is 8.57. The Bertz CT molecular complexity index is 657. The Morgan fingerprint density at radius 1 is 1.10 bits per heavy atom. The molecule has 2 rings (SSSR count). The van der Waals surface area contributed by atoms with Crippen molar-refractivity contribution >= 4 is 23.1 Å². The van der Waals surface area contributed by atoms with Crippen LogP contribution in [0.15, 0.2) is 30.3 Å². The minimum Gasteiger partial charge on any atom is -0.457 e. The third-order valence-electron chi connectivity index (χ3n) is 3.05. The van der Waals surface area contributed by atoms with Gasteiger partial charge in [0, 0.05) is 16.3 Å². The van der Waals surface area contributed by atoms with Gasteiger partial charge in [-0.1, -0.05) is 11.6 Å². The van der Waals surface area contributed by atoms with Crippen LogP contribution < -0.4 is 10.5 Å². The minimum atomic E-state index is -0.0867. The average molecular weight is 290 g/mol. The van der Waals surface area contributed by atoms with Crippen molar-refractivity contribution in [2.45, 2.75) is 20.8 Å². The van der Waals surface area contributed by atoms with Gasteiger partial charge in [-0.2, -0.15) is 0 Å². The van der Waals surface area contributed by atoms with E-state index in [1.54, 1.807) is 18.2 Å². The van der Waals surface area contributed by atoms with E-state index >= 15 is 0 Å². The fourth-order valence-electron chi connectivity index (χ4n) is 2.00. The zero-order valence-electron chi connectivity index (χ0n) is 11.7. The van der Waals surface area contributed by atoms with E-state index < -0.39 is 0 Å². The number of anilines is 1. The van der Waals surface area contributed by atoms with Crippen LogP contribution in [0.5, 0.6) is 11.5 Å². The molecule has 0 aromatic heterocycles. The molecule has 0 atom stereocenters. The van der Waals surface area contributed by atoms with Crippen LogP contribution in [0.25, 0.3) is 0 Å². The molecule has 0 amide bonds. The van der Waals surface area contributed by atoms with Crippen LogP contribution in [0.1, 0.15) is 28.4 Å². The number of halogens is 1. The number of ether oxygens (including phenoxy) is 1. The number of carbonyl (C=O) groups excluding carboxylic acids is 1. The van der Waals surface area contributed by atoms with E-state index in [9.17, 15) is 4.79 Å². The maximum atomic E-state index is 11.5. The second kappa shape index (κ2) is 5.55. The van der Waals surface area contributed by atoms with Gasteiger partial charge < -0.3 is 10.5 Å². The van der Waals surface area contributed by atoms with Crippen molar-refractivity contribution in [1.82, 2.24) is 0 Å². The molecule has 0 aliphatic heterocycles. The smallest absolute Gasteiger partial charge is 0.162 e. The molecular formula is C16H16ClNO2. The van der Waals surface area contributed by atoms with Gasteiger partial charge in [0.05, 0.1) is 0 Å². The van der Waals surface area contributed by atoms with Crippen molar-refractivity contribution in [3.63, 3.8) is 0 Å². The van der Waals surface area contributed by atoms with Crippen molar-refractivity contribution in [2.24, 2.45) is 0 Å². The second-order valence-corrected chi connectivity index (χ2v) is 5.16. The van der Waals surface area contributed by atoms with Crippen LogP contribution in [-0.4, -0.2) is 5.78 Å². The highest BCUT2D eigenvalue weighted by Gasteiger charge is 2.09. The van der Waals surface area contributed by atoms with Gasteiger partial charge >= 0.3 is 0 Å². The Morgan fingerprint density at radius 2 is 1.70 bits per heavy atom. The number of nitrogens with two attached hydrogens (primary N) is 1. The summed E-state index contributed by atoms with van der Waals surface area (Å²) in [6, 6.07) is 8.78. The van der Waals surface area contributed by atoms with Gasteiger partial charge in [0.2, 0.25) is 0 Å². The number of ketones is 1. The Morgan fingerprint density at radius 3 is 2.25 bits per heavy atom. The highest BCUT2D eigenvalue weighted by Crippen LogP contribution is 2.30. The lowest BCUT2D eigenvalue weighted by atomic mass is 10.1. The number of nitrogen functional groups attached to an aromatic ring is 1. The molecule has 3 nitrogen and oxygen atoms in total. The van der Waals surface area contributed by atoms with E-state index in [4.69, 9.17) is 22.1 Å². The average Bonchev–Trinajstić information content (AvgIpc) is 2.38. The maximum absolute atomic E-state index is 11.5. The fraction of sp³-hybridized carbons (Fsp3) is 0.188. The minimum absolute atomic E-state index is 0.0867. The molecule has 0 bridgehead atoms. The van der Waals surface area contributed by atoms with Crippen molar-refractivity contribution in [3.05, 3.63) is 52.0 Å². The van der Waals surface area contributed by atoms with Crippen LogP contribution in [0.3, 0.4) is 0 Å². The molecule has 2 aromatic rings. The van der Waals surface area contributed by atoms with E-state index in [2.05, 4.69) is 0 Å². The van der Waals surface area contributed by atoms with Gasteiger partial charge in [-0.05, 0) is 62.2 Å². The van der Waals surface area contributed by atoms with E-state index in [0.717, 1.165) is 16.1 Å². The van der Waals surface area contributed by atoms with Crippen LogP contribution in [0, 0.1) is 13.8 Å². The molecule has 104 valence electrons. The third kappa shape index (κ3) is 2.94. The van der Waals surface area contributed by atoms with Gasteiger partial charge in [0.1, 0.15) is 11.5 Å². The first-order valence-electron chi connectivity index (χ1n) is 6.23. The second-order valence-electron chi connectivity index (χ2n) is 4.78. The summed E-state index contributed by atoms with van der Waals surface area (Å²) in [6.45, 7) is 5.32. The predicted molar refractivity (Wildman–Crippen MR) is 81.9 cm³/mol. The molecule has 0 aliphatic rings. The van der Waals surface area contributed by atoms with Gasteiger partial charge in [0.15, 0.2) is 5.78 Å². The lowest BCUT2D eigenvalue weighted by molar-refractivity contribution is 0.101. The van der Waals surface area contributed by atoms with Crippen molar-refractivity contribution in [2.75, 3.05) is 5.73 Å². The molecule has 0 saturated carbocycles. The SMILES string of the molecule is CC(=O)c1cc(Oc2cc(C)c(Cl)c(C)c2)ccc1N. The number of hydrogen-bond acceptors (Lipinski definition) is 3. The summed E-state index contributed by atoms with van der Waals surface area (Å²) < 4.78 is 5.77. The zero-order valence-corrected chi connectivity index (χ0v) is 12.4. The monoisotopic (exact) mass is 289 g/mol. The molecule has 2 aromatic carbocycles. The number of benzene rings is 2. The Kier molecular flexibility index (Phi) is 4.00. The maximum Gasteiger partial charge on any atom is 0.162 e. The Labute approximate surface area is 123 Å². The topological polar surface area (TPSA) is 52.3 Å². The predicted octanol–water partition coefficient (Wildman–Crippen LogP) is 4.53. The standard InChI is InChI=1S/C16H16ClNO2/c1-9-6-13(7-10(2)16(9)17)20-12-4-5-15(18)14(8-12)11(3)19/h4-8H,18H2,1-3H3. The van der Waals surface area contributed by atoms with Crippen LogP contribution >= 0.6 is 11.6 Å². The van der Waals surface area contributed by atoms with Crippen LogP contribution in [0.4, 0.5) is 5.69 Å². The van der Waals surface area contributed by atoms with E-state index in [1.165, 1.54) is 6.92 Å². The molecule has 0 radical (unpaired) electrons. The lowest BCUT2D eigenvalue weighted by Crippen LogP contribution is -2.00. The number of aryl methyl sites for hydroxylation is 2.